The summed E-state index contributed by atoms with van der Waals surface area (Å²) in [4.78, 5) is 15.3. The van der Waals surface area contributed by atoms with Gasteiger partial charge in [0.2, 0.25) is 5.76 Å². The highest BCUT2D eigenvalue weighted by molar-refractivity contribution is 6.01. The quantitative estimate of drug-likeness (QED) is 0.719. The summed E-state index contributed by atoms with van der Waals surface area (Å²) in [7, 11) is 3.12. The Hall–Kier alpha value is -3.15. The van der Waals surface area contributed by atoms with Crippen molar-refractivity contribution in [3.05, 3.63) is 53.8 Å². The second-order valence-electron chi connectivity index (χ2n) is 7.25. The van der Waals surface area contributed by atoms with Crippen molar-refractivity contribution in [3.8, 4) is 23.0 Å². The summed E-state index contributed by atoms with van der Waals surface area (Å²) in [6.07, 6.45) is 0. The highest BCUT2D eigenvalue weighted by atomic mass is 16.6. The Labute approximate surface area is 171 Å². The van der Waals surface area contributed by atoms with Crippen LogP contribution in [0.5, 0.6) is 23.0 Å². The first-order chi connectivity index (χ1) is 13.9. The van der Waals surface area contributed by atoms with Gasteiger partial charge in [-0.3, -0.25) is 4.79 Å². The lowest BCUT2D eigenvalue weighted by Gasteiger charge is -2.33. The molecule has 6 nitrogen and oxygen atoms in total. The van der Waals surface area contributed by atoms with Crippen LogP contribution in [-0.2, 0) is 4.79 Å². The predicted octanol–water partition coefficient (Wildman–Crippen LogP) is 4.49. The van der Waals surface area contributed by atoms with E-state index in [1.165, 1.54) is 0 Å². The summed E-state index contributed by atoms with van der Waals surface area (Å²) in [5, 5.41) is 0. The third-order valence-corrected chi connectivity index (χ3v) is 4.68. The predicted molar refractivity (Wildman–Crippen MR) is 111 cm³/mol. The van der Waals surface area contributed by atoms with E-state index in [-0.39, 0.29) is 29.5 Å². The van der Waals surface area contributed by atoms with E-state index in [1.807, 2.05) is 45.9 Å². The second kappa shape index (κ2) is 8.47. The number of para-hydroxylation sites is 2. The fourth-order valence-electron chi connectivity index (χ4n) is 3.49. The number of fused-ring (bicyclic) bond motifs is 1. The first-order valence-corrected chi connectivity index (χ1v) is 9.62. The number of hydrogen-bond acceptors (Lipinski definition) is 5. The molecule has 1 aliphatic rings. The number of methoxy groups -OCH3 is 2. The Kier molecular flexibility index (Phi) is 6.01. The van der Waals surface area contributed by atoms with Crippen LogP contribution in [0.15, 0.2) is 48.2 Å². The molecular formula is C23H27NO5. The van der Waals surface area contributed by atoms with Crippen LogP contribution in [0.25, 0.3) is 5.76 Å². The number of carbonyl (C=O) groups excluding carboxylic acids is 1. The SMILES string of the molecule is COc1cccc(OC)c1C1=C(C(=O)N(C(C)C)C(C)C)Oc2ccccc2O1. The number of amides is 1. The summed E-state index contributed by atoms with van der Waals surface area (Å²) < 4.78 is 23.4. The van der Waals surface area contributed by atoms with Crippen LogP contribution in [0.4, 0.5) is 0 Å². The molecule has 0 unspecified atom stereocenters. The van der Waals surface area contributed by atoms with Crippen LogP contribution < -0.4 is 18.9 Å². The molecule has 0 saturated carbocycles. The van der Waals surface area contributed by atoms with Gasteiger partial charge in [-0.05, 0) is 52.0 Å². The maximum Gasteiger partial charge on any atom is 0.294 e. The van der Waals surface area contributed by atoms with Crippen LogP contribution in [0.1, 0.15) is 33.3 Å². The minimum atomic E-state index is -0.257. The Morgan fingerprint density at radius 3 is 1.83 bits per heavy atom. The molecule has 0 spiro atoms. The Morgan fingerprint density at radius 1 is 0.828 bits per heavy atom. The molecule has 2 aromatic carbocycles. The van der Waals surface area contributed by atoms with Gasteiger partial charge in [-0.25, -0.2) is 0 Å². The molecule has 1 heterocycles. The minimum Gasteiger partial charge on any atom is -0.496 e. The van der Waals surface area contributed by atoms with Crippen molar-refractivity contribution >= 4 is 11.7 Å². The molecule has 0 atom stereocenters. The Morgan fingerprint density at radius 2 is 1.34 bits per heavy atom. The van der Waals surface area contributed by atoms with Gasteiger partial charge >= 0.3 is 0 Å². The summed E-state index contributed by atoms with van der Waals surface area (Å²) in [5.41, 5.74) is 0.530. The molecule has 3 rings (SSSR count). The van der Waals surface area contributed by atoms with E-state index >= 15 is 0 Å². The lowest BCUT2D eigenvalue weighted by atomic mass is 10.1. The maximum absolute atomic E-state index is 13.6. The lowest BCUT2D eigenvalue weighted by Crippen LogP contribution is -2.44. The van der Waals surface area contributed by atoms with Crippen molar-refractivity contribution in [2.45, 2.75) is 39.8 Å². The zero-order chi connectivity index (χ0) is 21.1. The molecule has 6 heteroatoms. The molecule has 0 fully saturated rings. The van der Waals surface area contributed by atoms with Crippen molar-refractivity contribution < 1.29 is 23.7 Å². The molecule has 0 bridgehead atoms. The Bertz CT molecular complexity index is 902. The first kappa shape index (κ1) is 20.6. The average molecular weight is 397 g/mol. The molecule has 29 heavy (non-hydrogen) atoms. The molecule has 154 valence electrons. The molecular weight excluding hydrogens is 370 g/mol. The van der Waals surface area contributed by atoms with Crippen LogP contribution in [-0.4, -0.2) is 37.1 Å². The van der Waals surface area contributed by atoms with Crippen LogP contribution in [0.3, 0.4) is 0 Å². The Balaban J connectivity index is 2.24. The number of ether oxygens (including phenoxy) is 4. The average Bonchev–Trinajstić information content (AvgIpc) is 2.71. The van der Waals surface area contributed by atoms with Gasteiger partial charge in [0.15, 0.2) is 17.3 Å². The van der Waals surface area contributed by atoms with Gasteiger partial charge in [0.1, 0.15) is 17.1 Å². The van der Waals surface area contributed by atoms with Crippen molar-refractivity contribution in [3.63, 3.8) is 0 Å². The number of nitrogens with zero attached hydrogens (tertiary/aromatic N) is 1. The second-order valence-corrected chi connectivity index (χ2v) is 7.25. The molecule has 0 radical (unpaired) electrons. The topological polar surface area (TPSA) is 57.2 Å². The highest BCUT2D eigenvalue weighted by Gasteiger charge is 2.35. The molecule has 0 aliphatic carbocycles. The number of rotatable bonds is 6. The maximum atomic E-state index is 13.6. The van der Waals surface area contributed by atoms with Crippen molar-refractivity contribution in [1.29, 1.82) is 0 Å². The molecule has 1 amide bonds. The van der Waals surface area contributed by atoms with Crippen molar-refractivity contribution in [1.82, 2.24) is 4.90 Å². The zero-order valence-electron chi connectivity index (χ0n) is 17.7. The normalized spacial score (nSPS) is 13.0. The van der Waals surface area contributed by atoms with Crippen LogP contribution >= 0.6 is 0 Å². The number of hydrogen-bond donors (Lipinski definition) is 0. The van der Waals surface area contributed by atoms with Gasteiger partial charge in [-0.1, -0.05) is 18.2 Å². The van der Waals surface area contributed by atoms with Crippen LogP contribution in [0.2, 0.25) is 0 Å². The third-order valence-electron chi connectivity index (χ3n) is 4.68. The molecule has 0 saturated heterocycles. The largest absolute Gasteiger partial charge is 0.496 e. The zero-order valence-corrected chi connectivity index (χ0v) is 17.7. The van der Waals surface area contributed by atoms with Crippen molar-refractivity contribution in [2.24, 2.45) is 0 Å². The summed E-state index contributed by atoms with van der Waals surface area (Å²) in [6.45, 7) is 7.89. The molecule has 0 N–H and O–H groups in total. The van der Waals surface area contributed by atoms with E-state index < -0.39 is 0 Å². The summed E-state index contributed by atoms with van der Waals surface area (Å²) >= 11 is 0. The minimum absolute atomic E-state index is 0.0171. The highest BCUT2D eigenvalue weighted by Crippen LogP contribution is 2.44. The molecule has 1 aliphatic heterocycles. The third kappa shape index (κ3) is 3.88. The van der Waals surface area contributed by atoms with Gasteiger partial charge < -0.3 is 23.8 Å². The van der Waals surface area contributed by atoms with E-state index in [4.69, 9.17) is 18.9 Å². The standard InChI is InChI=1S/C23H27NO5/c1-14(2)24(15(3)4)23(25)22-21(28-16-10-7-8-11-17(16)29-22)20-18(26-5)12-9-13-19(20)27-6/h7-15H,1-6H3. The van der Waals surface area contributed by atoms with Gasteiger partial charge in [0.25, 0.3) is 5.91 Å². The first-order valence-electron chi connectivity index (χ1n) is 9.62. The fourth-order valence-corrected chi connectivity index (χ4v) is 3.49. The monoisotopic (exact) mass is 397 g/mol. The number of carbonyl (C=O) groups is 1. The van der Waals surface area contributed by atoms with Gasteiger partial charge in [0, 0.05) is 12.1 Å². The van der Waals surface area contributed by atoms with E-state index in [9.17, 15) is 4.79 Å². The molecule has 0 aromatic heterocycles. The van der Waals surface area contributed by atoms with Gasteiger partial charge in [-0.2, -0.15) is 0 Å². The van der Waals surface area contributed by atoms with Gasteiger partial charge in [-0.15, -0.1) is 0 Å². The van der Waals surface area contributed by atoms with E-state index in [1.54, 1.807) is 43.4 Å². The van der Waals surface area contributed by atoms with Crippen LogP contribution in [0, 0.1) is 0 Å². The van der Waals surface area contributed by atoms with Gasteiger partial charge in [0.05, 0.1) is 14.2 Å². The summed E-state index contributed by atoms with van der Waals surface area (Å²) in [5.74, 6) is 2.17. The van der Waals surface area contributed by atoms with Crippen molar-refractivity contribution in [2.75, 3.05) is 14.2 Å². The summed E-state index contributed by atoms with van der Waals surface area (Å²) in [6, 6.07) is 12.6. The number of benzene rings is 2. The lowest BCUT2D eigenvalue weighted by molar-refractivity contribution is -0.133. The van der Waals surface area contributed by atoms with E-state index in [0.29, 0.717) is 28.6 Å². The van der Waals surface area contributed by atoms with E-state index in [2.05, 4.69) is 0 Å². The molecule has 2 aromatic rings. The van der Waals surface area contributed by atoms with E-state index in [0.717, 1.165) is 0 Å². The smallest absolute Gasteiger partial charge is 0.294 e. The fraction of sp³-hybridized carbons (Fsp3) is 0.348.